The number of fused-ring (bicyclic) bond motifs is 5. The molecular formula is C19H27ClO3. The second-order valence-electron chi connectivity index (χ2n) is 7.89. The molecule has 4 N–H and O–H groups in total. The van der Waals surface area contributed by atoms with Gasteiger partial charge in [-0.05, 0) is 86.6 Å². The summed E-state index contributed by atoms with van der Waals surface area (Å²) >= 11 is 5.59. The van der Waals surface area contributed by atoms with Crippen LogP contribution in [-0.4, -0.2) is 27.4 Å². The molecule has 3 nitrogen and oxygen atoms in total. The quantitative estimate of drug-likeness (QED) is 0.526. The van der Waals surface area contributed by atoms with Crippen LogP contribution < -0.4 is 0 Å². The third-order valence-corrected chi connectivity index (χ3v) is 7.20. The minimum atomic E-state index is -0.837. The molecule has 7 atom stereocenters. The summed E-state index contributed by atoms with van der Waals surface area (Å²) in [5.74, 6) is 6.04. The molecule has 0 spiro atoms. The van der Waals surface area contributed by atoms with E-state index in [1.54, 1.807) is 0 Å². The van der Waals surface area contributed by atoms with E-state index in [1.807, 2.05) is 0 Å². The topological polar surface area (TPSA) is 72.0 Å². The van der Waals surface area contributed by atoms with Crippen LogP contribution in [0.25, 0.3) is 0 Å². The highest BCUT2D eigenvalue weighted by Crippen LogP contribution is 2.59. The zero-order chi connectivity index (χ0) is 15.3. The fraction of sp³-hybridized carbons (Fsp3) is 0.789. The average molecular weight is 339 g/mol. The zero-order valence-electron chi connectivity index (χ0n) is 13.5. The van der Waals surface area contributed by atoms with Crippen LogP contribution in [0.15, 0.2) is 11.6 Å². The molecule has 0 saturated heterocycles. The van der Waals surface area contributed by atoms with Gasteiger partial charge >= 0.3 is 0 Å². The van der Waals surface area contributed by atoms with Crippen LogP contribution in [0.2, 0.25) is 0 Å². The van der Waals surface area contributed by atoms with Crippen LogP contribution in [0.4, 0.5) is 0 Å². The number of rotatable bonds is 0. The molecule has 128 valence electrons. The fourth-order valence-corrected chi connectivity index (χ4v) is 6.41. The molecule has 4 rings (SSSR count). The van der Waals surface area contributed by atoms with Crippen molar-refractivity contribution in [3.8, 4) is 11.3 Å². The Hall–Kier alpha value is -0.530. The van der Waals surface area contributed by atoms with Crippen molar-refractivity contribution in [1.29, 1.82) is 0 Å². The molecule has 0 aromatic heterocycles. The molecule has 4 aliphatic carbocycles. The lowest BCUT2D eigenvalue weighted by Crippen LogP contribution is -2.45. The minimum Gasteiger partial charge on any atom is -0.412 e. The van der Waals surface area contributed by atoms with E-state index >= 15 is 0 Å². The van der Waals surface area contributed by atoms with Gasteiger partial charge in [0.25, 0.3) is 0 Å². The molecule has 0 bridgehead atoms. The van der Waals surface area contributed by atoms with Gasteiger partial charge in [-0.3, -0.25) is 0 Å². The summed E-state index contributed by atoms with van der Waals surface area (Å²) in [5.41, 5.74) is 0.684. The highest BCUT2D eigenvalue weighted by Gasteiger charge is 2.55. The first-order valence-corrected chi connectivity index (χ1v) is 9.24. The maximum atomic E-state index is 10.8. The monoisotopic (exact) mass is 338 g/mol. The molecule has 1 unspecified atom stereocenters. The number of halogens is 1. The molecule has 0 aromatic rings. The second kappa shape index (κ2) is 6.41. The number of aliphatic hydroxyl groups excluding tert-OH is 1. The SMILES string of the molecule is O.OC1C=C2CC[C@@H]3[C@H](CC[C@H]4[C@H]3CC[C@@]4(O)C#CCl)[C@H]2CC1. The second-order valence-corrected chi connectivity index (χ2v) is 8.08. The van der Waals surface area contributed by atoms with Crippen molar-refractivity contribution in [2.75, 3.05) is 0 Å². The van der Waals surface area contributed by atoms with E-state index in [1.165, 1.54) is 18.4 Å². The van der Waals surface area contributed by atoms with Gasteiger partial charge in [0, 0.05) is 11.3 Å². The van der Waals surface area contributed by atoms with Crippen molar-refractivity contribution < 1.29 is 15.7 Å². The summed E-state index contributed by atoms with van der Waals surface area (Å²) < 4.78 is 0. The standard InChI is InChI=1S/C19H25ClO2.H2O/c20-10-9-19(22)8-7-17-16-3-1-12-11-13(21)2-4-14(12)15(16)5-6-18(17)19;/h11,13-18,21-22H,1-8H2;1H2/t13?,14-,15+,16+,17-,18-,19+;/m0./s1. The molecule has 0 radical (unpaired) electrons. The lowest BCUT2D eigenvalue weighted by molar-refractivity contribution is -0.0209. The first kappa shape index (κ1) is 17.3. The molecule has 3 fully saturated rings. The van der Waals surface area contributed by atoms with Gasteiger partial charge in [0.15, 0.2) is 0 Å². The van der Waals surface area contributed by atoms with Crippen LogP contribution in [0.3, 0.4) is 0 Å². The third-order valence-electron chi connectivity index (χ3n) is 7.10. The largest absolute Gasteiger partial charge is 0.412 e. The highest BCUT2D eigenvalue weighted by molar-refractivity contribution is 6.30. The van der Waals surface area contributed by atoms with E-state index < -0.39 is 5.60 Å². The molecular weight excluding hydrogens is 312 g/mol. The van der Waals surface area contributed by atoms with E-state index in [9.17, 15) is 10.2 Å². The van der Waals surface area contributed by atoms with Crippen molar-refractivity contribution in [3.63, 3.8) is 0 Å². The lowest BCUT2D eigenvalue weighted by atomic mass is 9.55. The van der Waals surface area contributed by atoms with E-state index in [2.05, 4.69) is 17.4 Å². The van der Waals surface area contributed by atoms with Crippen molar-refractivity contribution in [2.24, 2.45) is 29.6 Å². The number of aliphatic hydroxyl groups is 2. The summed E-state index contributed by atoms with van der Waals surface area (Å²) in [7, 11) is 0. The summed E-state index contributed by atoms with van der Waals surface area (Å²) in [6, 6.07) is 0. The molecule has 4 aliphatic rings. The maximum Gasteiger partial charge on any atom is 0.129 e. The van der Waals surface area contributed by atoms with E-state index in [0.717, 1.165) is 50.4 Å². The van der Waals surface area contributed by atoms with Crippen LogP contribution in [-0.2, 0) is 0 Å². The Bertz CT molecular complexity index is 549. The van der Waals surface area contributed by atoms with Crippen molar-refractivity contribution in [3.05, 3.63) is 11.6 Å². The molecule has 4 heteroatoms. The summed E-state index contributed by atoms with van der Waals surface area (Å²) in [6.07, 6.45) is 10.5. The first-order chi connectivity index (χ1) is 10.6. The molecule has 0 aromatic carbocycles. The lowest BCUT2D eigenvalue weighted by Gasteiger charge is -2.50. The first-order valence-electron chi connectivity index (χ1n) is 8.86. The van der Waals surface area contributed by atoms with Crippen molar-refractivity contribution in [1.82, 2.24) is 0 Å². The highest BCUT2D eigenvalue weighted by atomic mass is 35.5. The normalized spacial score (nSPS) is 47.9. The van der Waals surface area contributed by atoms with Gasteiger partial charge in [0.1, 0.15) is 5.60 Å². The molecule has 0 aliphatic heterocycles. The van der Waals surface area contributed by atoms with Gasteiger partial charge in [-0.15, -0.1) is 0 Å². The van der Waals surface area contributed by atoms with Gasteiger partial charge in [0.2, 0.25) is 0 Å². The number of hydrogen-bond acceptors (Lipinski definition) is 2. The fourth-order valence-electron chi connectivity index (χ4n) is 6.24. The molecule has 3 saturated carbocycles. The van der Waals surface area contributed by atoms with Gasteiger partial charge in [-0.1, -0.05) is 17.6 Å². The Morgan fingerprint density at radius 1 is 1.04 bits per heavy atom. The van der Waals surface area contributed by atoms with Crippen LogP contribution in [0.5, 0.6) is 0 Å². The minimum absolute atomic E-state index is 0. The summed E-state index contributed by atoms with van der Waals surface area (Å²) in [5, 5.41) is 23.2. The van der Waals surface area contributed by atoms with Gasteiger partial charge in [-0.25, -0.2) is 0 Å². The number of allylic oxidation sites excluding steroid dienone is 1. The molecule has 0 amide bonds. The van der Waals surface area contributed by atoms with E-state index in [4.69, 9.17) is 11.6 Å². The third kappa shape index (κ3) is 2.74. The van der Waals surface area contributed by atoms with Crippen molar-refractivity contribution >= 4 is 11.6 Å². The van der Waals surface area contributed by atoms with E-state index in [-0.39, 0.29) is 11.6 Å². The number of hydrogen-bond donors (Lipinski definition) is 2. The Labute approximate surface area is 143 Å². The zero-order valence-corrected chi connectivity index (χ0v) is 14.2. The van der Waals surface area contributed by atoms with Gasteiger partial charge in [0.05, 0.1) is 6.10 Å². The van der Waals surface area contributed by atoms with Gasteiger partial charge in [-0.2, -0.15) is 0 Å². The molecule has 23 heavy (non-hydrogen) atoms. The Balaban J connectivity index is 0.00000156. The van der Waals surface area contributed by atoms with Crippen molar-refractivity contribution in [2.45, 2.75) is 63.1 Å². The Morgan fingerprint density at radius 3 is 2.65 bits per heavy atom. The summed E-state index contributed by atoms with van der Waals surface area (Å²) in [4.78, 5) is 0. The molecule has 0 heterocycles. The average Bonchev–Trinajstić information content (AvgIpc) is 2.84. The van der Waals surface area contributed by atoms with E-state index in [0.29, 0.717) is 17.8 Å². The summed E-state index contributed by atoms with van der Waals surface area (Å²) in [6.45, 7) is 0. The maximum absolute atomic E-state index is 10.8. The smallest absolute Gasteiger partial charge is 0.129 e. The van der Waals surface area contributed by atoms with Crippen LogP contribution in [0.1, 0.15) is 51.4 Å². The Kier molecular flexibility index (Phi) is 4.82. The van der Waals surface area contributed by atoms with Crippen LogP contribution in [0, 0.1) is 40.9 Å². The Morgan fingerprint density at radius 2 is 1.87 bits per heavy atom. The predicted molar refractivity (Wildman–Crippen MR) is 90.7 cm³/mol. The predicted octanol–water partition coefficient (Wildman–Crippen LogP) is 2.64. The van der Waals surface area contributed by atoms with Crippen LogP contribution >= 0.6 is 11.6 Å². The van der Waals surface area contributed by atoms with Gasteiger partial charge < -0.3 is 15.7 Å².